The molecule has 1 aromatic heterocycles. The minimum absolute atomic E-state index is 0.0332. The van der Waals surface area contributed by atoms with Crippen molar-refractivity contribution in [3.8, 4) is 5.75 Å². The lowest BCUT2D eigenvalue weighted by Crippen LogP contribution is -2.17. The van der Waals surface area contributed by atoms with E-state index in [9.17, 15) is 4.79 Å². The average Bonchev–Trinajstić information content (AvgIpc) is 3.09. The van der Waals surface area contributed by atoms with Crippen LogP contribution in [-0.2, 0) is 12.8 Å². The number of fused-ring (bicyclic) bond motifs is 1. The molecule has 4 nitrogen and oxygen atoms in total. The second-order valence-corrected chi connectivity index (χ2v) is 8.33. The summed E-state index contributed by atoms with van der Waals surface area (Å²) in [5, 5.41) is 5.82. The summed E-state index contributed by atoms with van der Waals surface area (Å²) in [7, 11) is 1.66. The maximum absolute atomic E-state index is 12.4. The highest BCUT2D eigenvalue weighted by molar-refractivity contribution is 5.60. The van der Waals surface area contributed by atoms with Gasteiger partial charge >= 0.3 is 0 Å². The third kappa shape index (κ3) is 4.21. The zero-order chi connectivity index (χ0) is 20.4. The van der Waals surface area contributed by atoms with E-state index in [4.69, 9.17) is 4.74 Å². The van der Waals surface area contributed by atoms with Crippen LogP contribution in [0.2, 0.25) is 0 Å². The zero-order valence-corrected chi connectivity index (χ0v) is 17.3. The maximum Gasteiger partial charge on any atom is 0.268 e. The molecule has 0 saturated heterocycles. The first-order chi connectivity index (χ1) is 14.0. The zero-order valence-electron chi connectivity index (χ0n) is 17.3. The van der Waals surface area contributed by atoms with Crippen molar-refractivity contribution in [2.24, 2.45) is 5.92 Å². The fraction of sp³-hybridized carbons (Fsp3) is 0.320. The first-order valence-electron chi connectivity index (χ1n) is 10.2. The molecule has 29 heavy (non-hydrogen) atoms. The molecule has 0 amide bonds. The van der Waals surface area contributed by atoms with E-state index in [0.717, 1.165) is 41.8 Å². The molecular weight excluding hydrogens is 360 g/mol. The van der Waals surface area contributed by atoms with Crippen LogP contribution in [0.5, 0.6) is 5.75 Å². The minimum Gasteiger partial charge on any atom is -0.497 e. The van der Waals surface area contributed by atoms with Crippen molar-refractivity contribution in [2.75, 3.05) is 7.11 Å². The van der Waals surface area contributed by atoms with Gasteiger partial charge in [0.05, 0.1) is 18.4 Å². The second-order valence-electron chi connectivity index (χ2n) is 8.33. The molecule has 0 spiro atoms. The van der Waals surface area contributed by atoms with Gasteiger partial charge in [-0.2, -0.15) is 0 Å². The van der Waals surface area contributed by atoms with Gasteiger partial charge < -0.3 is 4.74 Å². The number of hydrogen-bond donors (Lipinski definition) is 2. The Labute approximate surface area is 171 Å². The summed E-state index contributed by atoms with van der Waals surface area (Å²) in [6.45, 7) is 4.49. The van der Waals surface area contributed by atoms with Gasteiger partial charge in [-0.3, -0.25) is 15.0 Å². The number of aromatic nitrogens is 2. The van der Waals surface area contributed by atoms with Crippen LogP contribution in [0.25, 0.3) is 6.08 Å². The van der Waals surface area contributed by atoms with E-state index in [-0.39, 0.29) is 11.5 Å². The van der Waals surface area contributed by atoms with Gasteiger partial charge in [0.1, 0.15) is 5.75 Å². The lowest BCUT2D eigenvalue weighted by molar-refractivity contribution is 0.414. The summed E-state index contributed by atoms with van der Waals surface area (Å²) in [5.41, 5.74) is 6.84. The van der Waals surface area contributed by atoms with Crippen LogP contribution in [0.3, 0.4) is 0 Å². The molecule has 1 unspecified atom stereocenters. The normalized spacial score (nSPS) is 15.9. The van der Waals surface area contributed by atoms with Gasteiger partial charge in [-0.1, -0.05) is 55.8 Å². The summed E-state index contributed by atoms with van der Waals surface area (Å²) < 4.78 is 5.28. The predicted octanol–water partition coefficient (Wildman–Crippen LogP) is 5.07. The van der Waals surface area contributed by atoms with E-state index in [1.165, 1.54) is 16.7 Å². The van der Waals surface area contributed by atoms with E-state index in [1.807, 2.05) is 12.1 Å². The lowest BCUT2D eigenvalue weighted by atomic mass is 9.80. The molecule has 150 valence electrons. The van der Waals surface area contributed by atoms with Crippen LogP contribution < -0.4 is 10.3 Å². The molecule has 2 aromatic carbocycles. The molecule has 4 heteroatoms. The molecule has 0 saturated carbocycles. The Balaban J connectivity index is 1.60. The van der Waals surface area contributed by atoms with Crippen molar-refractivity contribution in [1.82, 2.24) is 10.2 Å². The fourth-order valence-corrected chi connectivity index (χ4v) is 4.24. The SMILES string of the molecule is COc1ccc(C2CC(Cc3ccc(CC(C)C)cc3)=Cc3[nH][nH]c(=O)c32)cc1. The van der Waals surface area contributed by atoms with Gasteiger partial charge in [-0.15, -0.1) is 0 Å². The van der Waals surface area contributed by atoms with E-state index in [2.05, 4.69) is 66.5 Å². The molecule has 3 aromatic rings. The van der Waals surface area contributed by atoms with Gasteiger partial charge in [0.25, 0.3) is 5.56 Å². The van der Waals surface area contributed by atoms with E-state index >= 15 is 0 Å². The Morgan fingerprint density at radius 1 is 1.00 bits per heavy atom. The highest BCUT2D eigenvalue weighted by Gasteiger charge is 2.27. The van der Waals surface area contributed by atoms with Crippen molar-refractivity contribution < 1.29 is 4.74 Å². The quantitative estimate of drug-likeness (QED) is 0.619. The number of rotatable bonds is 6. The van der Waals surface area contributed by atoms with Gasteiger partial charge in [0.15, 0.2) is 0 Å². The molecule has 1 heterocycles. The van der Waals surface area contributed by atoms with Crippen molar-refractivity contribution in [3.05, 3.63) is 92.4 Å². The smallest absolute Gasteiger partial charge is 0.268 e. The molecule has 0 aliphatic heterocycles. The first-order valence-corrected chi connectivity index (χ1v) is 10.2. The van der Waals surface area contributed by atoms with Gasteiger partial charge in [-0.05, 0) is 60.1 Å². The van der Waals surface area contributed by atoms with Crippen molar-refractivity contribution >= 4 is 6.08 Å². The summed E-state index contributed by atoms with van der Waals surface area (Å²) in [4.78, 5) is 12.4. The molecule has 4 rings (SSSR count). The standard InChI is InChI=1S/C25H28N2O2/c1-16(2)12-17-4-6-18(7-5-17)13-19-14-22(20-8-10-21(29-3)11-9-20)24-23(15-19)26-27-25(24)28/h4-11,15-16,22H,12-14H2,1-3H3,(H2,26,27,28). The Kier molecular flexibility index (Phi) is 5.43. The van der Waals surface area contributed by atoms with E-state index in [0.29, 0.717) is 5.92 Å². The van der Waals surface area contributed by atoms with Crippen LogP contribution in [0, 0.1) is 5.92 Å². The van der Waals surface area contributed by atoms with E-state index in [1.54, 1.807) is 7.11 Å². The summed E-state index contributed by atoms with van der Waals surface area (Å²) >= 11 is 0. The number of hydrogen-bond acceptors (Lipinski definition) is 2. The van der Waals surface area contributed by atoms with Crippen LogP contribution in [-0.4, -0.2) is 17.3 Å². The van der Waals surface area contributed by atoms with Crippen LogP contribution >= 0.6 is 0 Å². The number of benzene rings is 2. The Bertz CT molecular complexity index is 1050. The fourth-order valence-electron chi connectivity index (χ4n) is 4.24. The van der Waals surface area contributed by atoms with Crippen LogP contribution in [0.1, 0.15) is 54.1 Å². The second kappa shape index (κ2) is 8.16. The number of allylic oxidation sites excluding steroid dienone is 1. The van der Waals surface area contributed by atoms with Crippen molar-refractivity contribution in [3.63, 3.8) is 0 Å². The molecule has 1 atom stereocenters. The average molecular weight is 389 g/mol. The van der Waals surface area contributed by atoms with Crippen LogP contribution in [0.4, 0.5) is 0 Å². The summed E-state index contributed by atoms with van der Waals surface area (Å²) in [6.07, 6.45) is 4.97. The monoisotopic (exact) mass is 388 g/mol. The molecule has 1 aliphatic rings. The highest BCUT2D eigenvalue weighted by atomic mass is 16.5. The maximum atomic E-state index is 12.4. The van der Waals surface area contributed by atoms with E-state index < -0.39 is 0 Å². The number of aromatic amines is 2. The third-order valence-electron chi connectivity index (χ3n) is 5.63. The van der Waals surface area contributed by atoms with Gasteiger partial charge in [0, 0.05) is 5.92 Å². The molecular formula is C25H28N2O2. The molecule has 0 bridgehead atoms. The highest BCUT2D eigenvalue weighted by Crippen LogP contribution is 2.37. The Morgan fingerprint density at radius 2 is 1.69 bits per heavy atom. The molecule has 1 aliphatic carbocycles. The molecule has 0 fully saturated rings. The topological polar surface area (TPSA) is 57.9 Å². The Hall–Kier alpha value is -3.01. The Morgan fingerprint density at radius 3 is 2.34 bits per heavy atom. The third-order valence-corrected chi connectivity index (χ3v) is 5.63. The number of ether oxygens (including phenoxy) is 1. The number of nitrogens with one attached hydrogen (secondary N) is 2. The van der Waals surface area contributed by atoms with Gasteiger partial charge in [-0.25, -0.2) is 0 Å². The largest absolute Gasteiger partial charge is 0.497 e. The summed E-state index contributed by atoms with van der Waals surface area (Å²) in [5.74, 6) is 1.53. The van der Waals surface area contributed by atoms with Crippen LogP contribution in [0.15, 0.2) is 58.9 Å². The first kappa shape index (κ1) is 19.3. The molecule has 0 radical (unpaired) electrons. The number of H-pyrrole nitrogens is 2. The van der Waals surface area contributed by atoms with Crippen molar-refractivity contribution in [1.29, 1.82) is 0 Å². The predicted molar refractivity (Wildman–Crippen MR) is 118 cm³/mol. The van der Waals surface area contributed by atoms with Crippen molar-refractivity contribution in [2.45, 2.75) is 39.0 Å². The number of methoxy groups -OCH3 is 1. The minimum atomic E-state index is -0.0332. The molecule has 2 N–H and O–H groups in total. The lowest BCUT2D eigenvalue weighted by Gasteiger charge is -2.23. The van der Waals surface area contributed by atoms with Gasteiger partial charge in [0.2, 0.25) is 0 Å². The summed E-state index contributed by atoms with van der Waals surface area (Å²) in [6, 6.07) is 17.0.